The van der Waals surface area contributed by atoms with Crippen molar-refractivity contribution in [1.82, 2.24) is 0 Å². The fourth-order valence-electron chi connectivity index (χ4n) is 1.54. The molecule has 0 nitrogen and oxygen atoms in total. The van der Waals surface area contributed by atoms with Gasteiger partial charge in [0.1, 0.15) is 0 Å². The molecule has 2 aromatic carbocycles. The number of rotatable bonds is 2. The Labute approximate surface area is 85.2 Å². The Hall–Kier alpha value is -1.69. The Morgan fingerprint density at radius 1 is 0.643 bits per heavy atom. The fourth-order valence-corrected chi connectivity index (χ4v) is 1.54. The first-order chi connectivity index (χ1) is 6.88. The zero-order chi connectivity index (χ0) is 9.80. The molecule has 0 N–H and O–H groups in total. The van der Waals surface area contributed by atoms with Crippen molar-refractivity contribution in [2.24, 2.45) is 0 Å². The molecule has 0 aliphatic rings. The Morgan fingerprint density at radius 3 is 1.36 bits per heavy atom. The van der Waals surface area contributed by atoms with Gasteiger partial charge in [-0.3, -0.25) is 0 Å². The predicted octanol–water partition coefficient (Wildman–Crippen LogP) is 3.68. The van der Waals surface area contributed by atoms with Crippen LogP contribution in [0.2, 0.25) is 0 Å². The van der Waals surface area contributed by atoms with E-state index in [0.29, 0.717) is 0 Å². The molecule has 0 spiro atoms. The van der Waals surface area contributed by atoms with Crippen LogP contribution in [-0.2, 0) is 0 Å². The van der Waals surface area contributed by atoms with E-state index in [2.05, 4.69) is 55.5 Å². The lowest BCUT2D eigenvalue weighted by molar-refractivity contribution is 1.19. The molecular weight excluding hydrogens is 168 g/mol. The van der Waals surface area contributed by atoms with Crippen LogP contribution in [-0.4, -0.2) is 0 Å². The highest BCUT2D eigenvalue weighted by Gasteiger charge is 2.12. The van der Waals surface area contributed by atoms with Crippen molar-refractivity contribution in [3.8, 4) is 0 Å². The molecule has 68 valence electrons. The molecule has 0 aliphatic carbocycles. The standard InChI is InChI=1S/C14H13/c1-12(13-8-4-2-5-9-13)14-10-6-3-7-11-14/h2-11H,1H3/q+1. The van der Waals surface area contributed by atoms with E-state index in [0.717, 1.165) is 0 Å². The second-order valence-electron chi connectivity index (χ2n) is 3.36. The van der Waals surface area contributed by atoms with Crippen molar-refractivity contribution in [3.05, 3.63) is 77.7 Å². The number of hydrogen-bond acceptors (Lipinski definition) is 0. The van der Waals surface area contributed by atoms with Crippen LogP contribution < -0.4 is 0 Å². The van der Waals surface area contributed by atoms with Crippen molar-refractivity contribution in [1.29, 1.82) is 0 Å². The summed E-state index contributed by atoms with van der Waals surface area (Å²) in [5.41, 5.74) is 2.58. The van der Waals surface area contributed by atoms with E-state index >= 15 is 0 Å². The first-order valence-electron chi connectivity index (χ1n) is 4.82. The van der Waals surface area contributed by atoms with Gasteiger partial charge < -0.3 is 0 Å². The van der Waals surface area contributed by atoms with Crippen LogP contribution in [0.1, 0.15) is 18.1 Å². The summed E-state index contributed by atoms with van der Waals surface area (Å²) in [4.78, 5) is 0. The van der Waals surface area contributed by atoms with Crippen LogP contribution in [0.4, 0.5) is 0 Å². The lowest BCUT2D eigenvalue weighted by Gasteiger charge is -2.04. The van der Waals surface area contributed by atoms with Crippen LogP contribution in [0.5, 0.6) is 0 Å². The normalized spacial score (nSPS) is 9.79. The quantitative estimate of drug-likeness (QED) is 0.620. The average Bonchev–Trinajstić information content (AvgIpc) is 2.30. The zero-order valence-electron chi connectivity index (χ0n) is 8.27. The molecule has 0 fully saturated rings. The maximum atomic E-state index is 2.16. The van der Waals surface area contributed by atoms with E-state index in [1.807, 2.05) is 12.1 Å². The van der Waals surface area contributed by atoms with Gasteiger partial charge in [0.05, 0.1) is 11.1 Å². The third kappa shape index (κ3) is 1.80. The summed E-state index contributed by atoms with van der Waals surface area (Å²) in [5.74, 6) is 1.33. The maximum Gasteiger partial charge on any atom is 0.0753 e. The molecule has 0 saturated heterocycles. The van der Waals surface area contributed by atoms with Crippen LogP contribution >= 0.6 is 0 Å². The van der Waals surface area contributed by atoms with Gasteiger partial charge in [0.2, 0.25) is 0 Å². The van der Waals surface area contributed by atoms with Gasteiger partial charge >= 0.3 is 0 Å². The molecule has 0 amide bonds. The van der Waals surface area contributed by atoms with Gasteiger partial charge in [0.15, 0.2) is 0 Å². The minimum absolute atomic E-state index is 1.29. The van der Waals surface area contributed by atoms with Crippen LogP contribution in [0, 0.1) is 5.92 Å². The monoisotopic (exact) mass is 181 g/mol. The molecule has 14 heavy (non-hydrogen) atoms. The van der Waals surface area contributed by atoms with Gasteiger partial charge in [-0.25, -0.2) is 0 Å². The molecule has 0 unspecified atom stereocenters. The number of hydrogen-bond donors (Lipinski definition) is 0. The fraction of sp³-hybridized carbons (Fsp3) is 0.0714. The summed E-state index contributed by atoms with van der Waals surface area (Å²) >= 11 is 0. The maximum absolute atomic E-state index is 2.16. The van der Waals surface area contributed by atoms with Crippen molar-refractivity contribution in [2.45, 2.75) is 6.92 Å². The summed E-state index contributed by atoms with van der Waals surface area (Å²) in [5, 5.41) is 0. The van der Waals surface area contributed by atoms with Crippen molar-refractivity contribution >= 4 is 0 Å². The Bertz CT molecular complexity index is 336. The summed E-state index contributed by atoms with van der Waals surface area (Å²) < 4.78 is 0. The van der Waals surface area contributed by atoms with E-state index in [9.17, 15) is 0 Å². The molecular formula is C14H13+. The minimum Gasteiger partial charge on any atom is -0.0465 e. The van der Waals surface area contributed by atoms with E-state index < -0.39 is 0 Å². The van der Waals surface area contributed by atoms with Crippen molar-refractivity contribution in [2.75, 3.05) is 0 Å². The van der Waals surface area contributed by atoms with Crippen molar-refractivity contribution in [3.63, 3.8) is 0 Å². The predicted molar refractivity (Wildman–Crippen MR) is 60.0 cm³/mol. The van der Waals surface area contributed by atoms with Gasteiger partial charge in [-0.05, 0) is 43.3 Å². The van der Waals surface area contributed by atoms with Gasteiger partial charge in [0.25, 0.3) is 0 Å². The second kappa shape index (κ2) is 4.01. The van der Waals surface area contributed by atoms with Gasteiger partial charge in [0, 0.05) is 30.2 Å². The smallest absolute Gasteiger partial charge is 0.0465 e. The lowest BCUT2D eigenvalue weighted by atomic mass is 9.93. The first kappa shape index (κ1) is 8.89. The van der Waals surface area contributed by atoms with Crippen LogP contribution in [0.15, 0.2) is 60.7 Å². The molecule has 0 heterocycles. The molecule has 2 rings (SSSR count). The molecule has 0 heteroatoms. The summed E-state index contributed by atoms with van der Waals surface area (Å²) in [7, 11) is 0. The SMILES string of the molecule is C[C+](c1ccccc1)c1ccccc1. The average molecular weight is 181 g/mol. The highest BCUT2D eigenvalue weighted by molar-refractivity contribution is 5.43. The molecule has 0 aromatic heterocycles. The van der Waals surface area contributed by atoms with Gasteiger partial charge in [-0.1, -0.05) is 0 Å². The molecule has 0 saturated carbocycles. The van der Waals surface area contributed by atoms with Crippen LogP contribution in [0.25, 0.3) is 0 Å². The topological polar surface area (TPSA) is 0 Å². The van der Waals surface area contributed by atoms with Crippen LogP contribution in [0.3, 0.4) is 0 Å². The van der Waals surface area contributed by atoms with E-state index in [1.54, 1.807) is 0 Å². The first-order valence-corrected chi connectivity index (χ1v) is 4.82. The van der Waals surface area contributed by atoms with Gasteiger partial charge in [-0.15, -0.1) is 0 Å². The minimum atomic E-state index is 1.29. The van der Waals surface area contributed by atoms with E-state index in [-0.39, 0.29) is 0 Å². The Morgan fingerprint density at radius 2 is 1.00 bits per heavy atom. The van der Waals surface area contributed by atoms with E-state index in [4.69, 9.17) is 0 Å². The summed E-state index contributed by atoms with van der Waals surface area (Å²) in [6.45, 7) is 2.16. The molecule has 2 aromatic rings. The highest BCUT2D eigenvalue weighted by Crippen LogP contribution is 2.21. The van der Waals surface area contributed by atoms with Gasteiger partial charge in [-0.2, -0.15) is 0 Å². The third-order valence-corrected chi connectivity index (χ3v) is 2.41. The molecule has 0 atom stereocenters. The second-order valence-corrected chi connectivity index (χ2v) is 3.36. The largest absolute Gasteiger partial charge is 0.0753 e. The number of benzene rings is 2. The summed E-state index contributed by atoms with van der Waals surface area (Å²) in [6.07, 6.45) is 0. The zero-order valence-corrected chi connectivity index (χ0v) is 8.27. The lowest BCUT2D eigenvalue weighted by Crippen LogP contribution is -1.95. The molecule has 0 radical (unpaired) electrons. The highest BCUT2D eigenvalue weighted by atomic mass is 14.1. The Balaban J connectivity index is 2.30. The molecule has 0 aliphatic heterocycles. The Kier molecular flexibility index (Phi) is 2.55. The summed E-state index contributed by atoms with van der Waals surface area (Å²) in [6, 6.07) is 20.9. The third-order valence-electron chi connectivity index (χ3n) is 2.41. The van der Waals surface area contributed by atoms with Crippen molar-refractivity contribution < 1.29 is 0 Å². The molecule has 0 bridgehead atoms. The van der Waals surface area contributed by atoms with E-state index in [1.165, 1.54) is 17.0 Å².